The number of carboxylic acids is 1. The molecule has 2 unspecified atom stereocenters. The third kappa shape index (κ3) is 9.47. The van der Waals surface area contributed by atoms with Crippen LogP contribution in [0.15, 0.2) is 29.4 Å². The van der Waals surface area contributed by atoms with Gasteiger partial charge in [0, 0.05) is 28.3 Å². The van der Waals surface area contributed by atoms with E-state index in [4.69, 9.17) is 21.1 Å². The van der Waals surface area contributed by atoms with Crippen LogP contribution in [-0.2, 0) is 23.9 Å². The van der Waals surface area contributed by atoms with Crippen LogP contribution in [0.1, 0.15) is 23.2 Å². The zero-order valence-electron chi connectivity index (χ0n) is 16.8. The fraction of sp³-hybridized carbons (Fsp3) is 0.389. The van der Waals surface area contributed by atoms with Crippen LogP contribution in [-0.4, -0.2) is 65.6 Å². The number of ketones is 1. The summed E-state index contributed by atoms with van der Waals surface area (Å²) >= 11 is 3.96. The number of benzene rings is 1. The number of thiol groups is 1. The molecule has 1 aromatic rings. The highest BCUT2D eigenvalue weighted by Crippen LogP contribution is 2.13. The van der Waals surface area contributed by atoms with Crippen LogP contribution < -0.4 is 16.4 Å². The lowest BCUT2D eigenvalue weighted by Gasteiger charge is -2.16. The maximum Gasteiger partial charge on any atom is 0.325 e. The molecule has 0 aliphatic rings. The number of rotatable bonds is 13. The number of nitrogens with zero attached hydrogens (tertiary/aromatic N) is 3. The molecular weight excluding hydrogens is 444 g/mol. The van der Waals surface area contributed by atoms with Gasteiger partial charge in [0.15, 0.2) is 12.4 Å². The number of ether oxygens (including phenoxy) is 1. The van der Waals surface area contributed by atoms with Crippen LogP contribution in [0, 0.1) is 0 Å². The fourth-order valence-corrected chi connectivity index (χ4v) is 2.46. The van der Waals surface area contributed by atoms with E-state index in [9.17, 15) is 24.0 Å². The van der Waals surface area contributed by atoms with Crippen molar-refractivity contribution in [3.05, 3.63) is 40.3 Å². The highest BCUT2D eigenvalue weighted by Gasteiger charge is 2.21. The SMILES string of the molecule is [N-]=[N+]=Nc1ccc(C(=O)COC(=O)CNC(=O)C(CS)NC(=O)CCC(N)C(=O)O)cc1. The van der Waals surface area contributed by atoms with Crippen molar-refractivity contribution < 1.29 is 33.8 Å². The molecular formula is C18H22N6O7S. The summed E-state index contributed by atoms with van der Waals surface area (Å²) in [5, 5.41) is 16.7. The molecule has 0 aliphatic heterocycles. The maximum atomic E-state index is 12.1. The van der Waals surface area contributed by atoms with Gasteiger partial charge >= 0.3 is 11.9 Å². The van der Waals surface area contributed by atoms with Gasteiger partial charge in [0.25, 0.3) is 0 Å². The number of hydrogen-bond donors (Lipinski definition) is 5. The number of carbonyl (C=O) groups is 5. The Kier molecular flexibility index (Phi) is 11.3. The fourth-order valence-electron chi connectivity index (χ4n) is 2.20. The van der Waals surface area contributed by atoms with Crippen LogP contribution in [0.4, 0.5) is 5.69 Å². The van der Waals surface area contributed by atoms with Crippen LogP contribution >= 0.6 is 12.6 Å². The molecule has 172 valence electrons. The predicted molar refractivity (Wildman–Crippen MR) is 114 cm³/mol. The molecule has 1 rings (SSSR count). The molecule has 1 aromatic carbocycles. The van der Waals surface area contributed by atoms with Crippen LogP contribution in [0.3, 0.4) is 0 Å². The summed E-state index contributed by atoms with van der Waals surface area (Å²) in [6.45, 7) is -1.11. The molecule has 0 bridgehead atoms. The van der Waals surface area contributed by atoms with Crippen LogP contribution in [0.25, 0.3) is 10.4 Å². The van der Waals surface area contributed by atoms with Crippen molar-refractivity contribution in [3.63, 3.8) is 0 Å². The first-order valence-electron chi connectivity index (χ1n) is 9.18. The van der Waals surface area contributed by atoms with E-state index >= 15 is 0 Å². The molecule has 2 atom stereocenters. The second-order valence-corrected chi connectivity index (χ2v) is 6.69. The Bertz CT molecular complexity index is 902. The first-order valence-corrected chi connectivity index (χ1v) is 9.81. The van der Waals surface area contributed by atoms with Crippen LogP contribution in [0.5, 0.6) is 0 Å². The third-order valence-corrected chi connectivity index (χ3v) is 4.32. The van der Waals surface area contributed by atoms with E-state index in [0.29, 0.717) is 5.69 Å². The average Bonchev–Trinajstić information content (AvgIpc) is 2.78. The first-order chi connectivity index (χ1) is 15.2. The Balaban J connectivity index is 2.41. The average molecular weight is 466 g/mol. The zero-order valence-corrected chi connectivity index (χ0v) is 17.7. The second-order valence-electron chi connectivity index (χ2n) is 6.32. The maximum absolute atomic E-state index is 12.1. The number of aliphatic carboxylic acids is 1. The number of nitrogens with one attached hydrogen (secondary N) is 2. The monoisotopic (exact) mass is 466 g/mol. The summed E-state index contributed by atoms with van der Waals surface area (Å²) in [5.41, 5.74) is 14.2. The lowest BCUT2D eigenvalue weighted by Crippen LogP contribution is -2.49. The highest BCUT2D eigenvalue weighted by atomic mass is 32.1. The summed E-state index contributed by atoms with van der Waals surface area (Å²) < 4.78 is 4.81. The third-order valence-electron chi connectivity index (χ3n) is 3.95. The number of carboxylic acid groups (broad SMARTS) is 1. The van der Waals surface area contributed by atoms with Gasteiger partial charge in [0.05, 0.1) is 0 Å². The molecule has 13 nitrogen and oxygen atoms in total. The Morgan fingerprint density at radius 3 is 2.44 bits per heavy atom. The van der Waals surface area contributed by atoms with Gasteiger partial charge in [0.1, 0.15) is 18.6 Å². The van der Waals surface area contributed by atoms with E-state index in [1.807, 2.05) is 0 Å². The lowest BCUT2D eigenvalue weighted by molar-refractivity contribution is -0.143. The molecule has 0 aromatic heterocycles. The zero-order chi connectivity index (χ0) is 24.1. The van der Waals surface area contributed by atoms with Crippen molar-refractivity contribution in [2.45, 2.75) is 24.9 Å². The van der Waals surface area contributed by atoms with Gasteiger partial charge in [-0.1, -0.05) is 29.4 Å². The predicted octanol–water partition coefficient (Wildman–Crippen LogP) is 0.0772. The summed E-state index contributed by atoms with van der Waals surface area (Å²) in [5.74, 6) is -4.03. The smallest absolute Gasteiger partial charge is 0.325 e. The van der Waals surface area contributed by atoms with Crippen LogP contribution in [0.2, 0.25) is 0 Å². The molecule has 0 heterocycles. The normalized spacial score (nSPS) is 11.9. The molecule has 0 spiro atoms. The summed E-state index contributed by atoms with van der Waals surface area (Å²) in [6, 6.07) is 3.39. The topological polar surface area (TPSA) is 214 Å². The Hall–Kier alpha value is -3.61. The molecule has 0 saturated heterocycles. The number of azide groups is 1. The number of nitrogens with two attached hydrogens (primary N) is 1. The Morgan fingerprint density at radius 2 is 1.88 bits per heavy atom. The Labute approximate surface area is 187 Å². The molecule has 14 heteroatoms. The minimum absolute atomic E-state index is 0.0814. The summed E-state index contributed by atoms with van der Waals surface area (Å²) in [4.78, 5) is 61.0. The molecule has 0 fully saturated rings. The minimum atomic E-state index is -1.25. The van der Waals surface area contributed by atoms with Gasteiger partial charge in [-0.15, -0.1) is 0 Å². The van der Waals surface area contributed by atoms with Gasteiger partial charge in [-0.05, 0) is 12.0 Å². The Morgan fingerprint density at radius 1 is 1.22 bits per heavy atom. The molecule has 32 heavy (non-hydrogen) atoms. The number of amides is 2. The van der Waals surface area contributed by atoms with E-state index in [0.717, 1.165) is 0 Å². The van der Waals surface area contributed by atoms with Gasteiger partial charge in [-0.2, -0.15) is 12.6 Å². The van der Waals surface area contributed by atoms with Crippen molar-refractivity contribution in [2.75, 3.05) is 18.9 Å². The van der Waals surface area contributed by atoms with Crippen molar-refractivity contribution in [2.24, 2.45) is 10.8 Å². The van der Waals surface area contributed by atoms with Gasteiger partial charge < -0.3 is 26.2 Å². The second kappa shape index (κ2) is 13.6. The summed E-state index contributed by atoms with van der Waals surface area (Å²) in [7, 11) is 0. The van der Waals surface area contributed by atoms with E-state index in [1.54, 1.807) is 0 Å². The number of carbonyl (C=O) groups excluding carboxylic acids is 4. The highest BCUT2D eigenvalue weighted by molar-refractivity contribution is 7.80. The molecule has 0 saturated carbocycles. The van der Waals surface area contributed by atoms with E-state index in [1.165, 1.54) is 24.3 Å². The van der Waals surface area contributed by atoms with Crippen molar-refractivity contribution in [3.8, 4) is 0 Å². The quantitative estimate of drug-likeness (QED) is 0.0668. The number of hydrogen-bond acceptors (Lipinski definition) is 9. The lowest BCUT2D eigenvalue weighted by atomic mass is 10.1. The van der Waals surface area contributed by atoms with E-state index < -0.39 is 54.8 Å². The van der Waals surface area contributed by atoms with E-state index in [2.05, 4.69) is 33.3 Å². The summed E-state index contributed by atoms with van der Waals surface area (Å²) in [6.07, 6.45) is -0.324. The largest absolute Gasteiger partial charge is 0.480 e. The minimum Gasteiger partial charge on any atom is -0.480 e. The number of Topliss-reactive ketones (excluding diaryl/α,β-unsaturated/α-hetero) is 1. The van der Waals surface area contributed by atoms with E-state index in [-0.39, 0.29) is 24.2 Å². The molecule has 2 amide bonds. The van der Waals surface area contributed by atoms with Crippen molar-refractivity contribution in [1.82, 2.24) is 10.6 Å². The molecule has 0 radical (unpaired) electrons. The van der Waals surface area contributed by atoms with Gasteiger partial charge in [-0.25, -0.2) is 0 Å². The molecule has 0 aliphatic carbocycles. The molecule has 5 N–H and O–H groups in total. The standard InChI is InChI=1S/C18H22N6O7S/c19-12(18(29)30)5-6-15(26)22-13(9-32)17(28)21-7-16(27)31-8-14(25)10-1-3-11(4-2-10)23-24-20/h1-4,12-13,32H,5-9,19H2,(H,21,28)(H,22,26)(H,29,30). The van der Waals surface area contributed by atoms with Gasteiger partial charge in [-0.3, -0.25) is 24.0 Å². The first kappa shape index (κ1) is 26.4. The van der Waals surface area contributed by atoms with Crippen molar-refractivity contribution in [1.29, 1.82) is 0 Å². The number of esters is 1. The van der Waals surface area contributed by atoms with Gasteiger partial charge in [0.2, 0.25) is 11.8 Å². The van der Waals surface area contributed by atoms with Crippen molar-refractivity contribution >= 4 is 47.9 Å².